The van der Waals surface area contributed by atoms with Crippen LogP contribution in [0.2, 0.25) is 0 Å². The highest BCUT2D eigenvalue weighted by atomic mass is 16.4. The molecule has 0 aliphatic carbocycles. The van der Waals surface area contributed by atoms with E-state index in [0.29, 0.717) is 23.9 Å². The first-order valence-corrected chi connectivity index (χ1v) is 9.20. The first-order chi connectivity index (χ1) is 13.1. The average molecular weight is 362 g/mol. The largest absolute Gasteiger partial charge is 0.478 e. The van der Waals surface area contributed by atoms with Gasteiger partial charge in [0.25, 0.3) is 0 Å². The molecule has 1 aliphatic rings. The fourth-order valence-corrected chi connectivity index (χ4v) is 3.72. The van der Waals surface area contributed by atoms with Crippen molar-refractivity contribution >= 4 is 5.97 Å². The molecule has 5 nitrogen and oxygen atoms in total. The van der Waals surface area contributed by atoms with Crippen molar-refractivity contribution in [3.63, 3.8) is 0 Å². The SMILES string of the molecule is Cc1ccc(C2CCCN2Cc2ccc(-c3ccccc3C(=O)O)o2)nc1. The second kappa shape index (κ2) is 7.37. The number of aromatic nitrogens is 1. The van der Waals surface area contributed by atoms with Gasteiger partial charge in [0, 0.05) is 11.8 Å². The number of carboxylic acids is 1. The molecule has 4 rings (SSSR count). The summed E-state index contributed by atoms with van der Waals surface area (Å²) in [6, 6.07) is 15.2. The monoisotopic (exact) mass is 362 g/mol. The second-order valence-corrected chi connectivity index (χ2v) is 7.01. The molecule has 1 N–H and O–H groups in total. The van der Waals surface area contributed by atoms with Crippen LogP contribution >= 0.6 is 0 Å². The highest BCUT2D eigenvalue weighted by molar-refractivity contribution is 5.95. The highest BCUT2D eigenvalue weighted by Crippen LogP contribution is 2.33. The number of furan rings is 1. The first kappa shape index (κ1) is 17.5. The molecule has 0 bridgehead atoms. The van der Waals surface area contributed by atoms with E-state index in [1.165, 1.54) is 0 Å². The highest BCUT2D eigenvalue weighted by Gasteiger charge is 2.28. The zero-order valence-corrected chi connectivity index (χ0v) is 15.3. The van der Waals surface area contributed by atoms with Crippen LogP contribution in [0.4, 0.5) is 0 Å². The quantitative estimate of drug-likeness (QED) is 0.713. The van der Waals surface area contributed by atoms with E-state index in [-0.39, 0.29) is 5.56 Å². The minimum absolute atomic E-state index is 0.251. The summed E-state index contributed by atoms with van der Waals surface area (Å²) in [6.07, 6.45) is 4.14. The number of carbonyl (C=O) groups is 1. The maximum Gasteiger partial charge on any atom is 0.336 e. The number of nitrogens with zero attached hydrogens (tertiary/aromatic N) is 2. The molecule has 3 aromatic rings. The van der Waals surface area contributed by atoms with Gasteiger partial charge in [0.15, 0.2) is 0 Å². The van der Waals surface area contributed by atoms with Crippen LogP contribution in [-0.2, 0) is 6.54 Å². The van der Waals surface area contributed by atoms with E-state index < -0.39 is 5.97 Å². The van der Waals surface area contributed by atoms with Crippen LogP contribution in [0.15, 0.2) is 59.1 Å². The Morgan fingerprint density at radius 1 is 1.22 bits per heavy atom. The molecule has 138 valence electrons. The lowest BCUT2D eigenvalue weighted by atomic mass is 10.1. The van der Waals surface area contributed by atoms with Crippen molar-refractivity contribution in [2.24, 2.45) is 0 Å². The van der Waals surface area contributed by atoms with E-state index in [1.807, 2.05) is 31.3 Å². The van der Waals surface area contributed by atoms with E-state index in [9.17, 15) is 9.90 Å². The predicted molar refractivity (Wildman–Crippen MR) is 102 cm³/mol. The van der Waals surface area contributed by atoms with Gasteiger partial charge in [0.05, 0.1) is 23.8 Å². The summed E-state index contributed by atoms with van der Waals surface area (Å²) in [6.45, 7) is 3.74. The van der Waals surface area contributed by atoms with Crippen LogP contribution in [0.1, 0.15) is 46.3 Å². The number of pyridine rings is 1. The standard InChI is InChI=1S/C22H22N2O3/c1-15-8-10-19(23-13-15)20-7-4-12-24(20)14-16-9-11-21(27-16)17-5-2-3-6-18(17)22(25)26/h2-3,5-6,8-11,13,20H,4,7,12,14H2,1H3,(H,25,26). The lowest BCUT2D eigenvalue weighted by Crippen LogP contribution is -2.23. The van der Waals surface area contributed by atoms with E-state index >= 15 is 0 Å². The fraction of sp³-hybridized carbons (Fsp3) is 0.273. The number of hydrogen-bond acceptors (Lipinski definition) is 4. The summed E-state index contributed by atoms with van der Waals surface area (Å²) in [7, 11) is 0. The number of benzene rings is 1. The molecular formula is C22H22N2O3. The maximum atomic E-state index is 11.4. The Morgan fingerprint density at radius 3 is 2.85 bits per heavy atom. The molecule has 3 heterocycles. The number of carboxylic acid groups (broad SMARTS) is 1. The Kier molecular flexibility index (Phi) is 4.77. The van der Waals surface area contributed by atoms with Gasteiger partial charge in [-0.05, 0) is 56.1 Å². The number of aryl methyl sites for hydroxylation is 1. The average Bonchev–Trinajstić information content (AvgIpc) is 3.32. The molecule has 27 heavy (non-hydrogen) atoms. The lowest BCUT2D eigenvalue weighted by molar-refractivity contribution is 0.0697. The van der Waals surface area contributed by atoms with E-state index in [4.69, 9.17) is 4.42 Å². The fourth-order valence-electron chi connectivity index (χ4n) is 3.72. The van der Waals surface area contributed by atoms with Gasteiger partial charge in [0.2, 0.25) is 0 Å². The summed E-state index contributed by atoms with van der Waals surface area (Å²) < 4.78 is 6.00. The number of aromatic carboxylic acids is 1. The van der Waals surface area contributed by atoms with Crippen LogP contribution in [0.5, 0.6) is 0 Å². The lowest BCUT2D eigenvalue weighted by Gasteiger charge is -2.23. The minimum atomic E-state index is -0.950. The van der Waals surface area contributed by atoms with Crippen molar-refractivity contribution in [3.05, 3.63) is 77.3 Å². The molecule has 5 heteroatoms. The van der Waals surface area contributed by atoms with E-state index in [2.05, 4.69) is 22.0 Å². The van der Waals surface area contributed by atoms with Crippen molar-refractivity contribution in [3.8, 4) is 11.3 Å². The number of likely N-dealkylation sites (tertiary alicyclic amines) is 1. The van der Waals surface area contributed by atoms with Crippen molar-refractivity contribution < 1.29 is 14.3 Å². The van der Waals surface area contributed by atoms with Crippen LogP contribution in [-0.4, -0.2) is 27.5 Å². The number of hydrogen-bond donors (Lipinski definition) is 1. The third kappa shape index (κ3) is 3.64. The topological polar surface area (TPSA) is 66.6 Å². The summed E-state index contributed by atoms with van der Waals surface area (Å²) in [5.41, 5.74) is 3.12. The second-order valence-electron chi connectivity index (χ2n) is 7.01. The third-order valence-electron chi connectivity index (χ3n) is 5.08. The Bertz CT molecular complexity index is 946. The summed E-state index contributed by atoms with van der Waals surface area (Å²) >= 11 is 0. The molecule has 1 unspecified atom stereocenters. The molecule has 1 aromatic carbocycles. The van der Waals surface area contributed by atoms with Gasteiger partial charge in [-0.3, -0.25) is 9.88 Å². The molecule has 1 saturated heterocycles. The van der Waals surface area contributed by atoms with Crippen LogP contribution < -0.4 is 0 Å². The molecule has 0 radical (unpaired) electrons. The molecule has 0 saturated carbocycles. The molecule has 2 aromatic heterocycles. The van der Waals surface area contributed by atoms with Crippen LogP contribution in [0.3, 0.4) is 0 Å². The summed E-state index contributed by atoms with van der Waals surface area (Å²) in [4.78, 5) is 18.4. The molecule has 1 atom stereocenters. The molecule has 1 fully saturated rings. The van der Waals surface area contributed by atoms with Crippen LogP contribution in [0.25, 0.3) is 11.3 Å². The molecule has 0 spiro atoms. The zero-order valence-electron chi connectivity index (χ0n) is 15.3. The maximum absolute atomic E-state index is 11.4. The molecule has 0 amide bonds. The van der Waals surface area contributed by atoms with E-state index in [0.717, 1.165) is 36.4 Å². The predicted octanol–water partition coefficient (Wildman–Crippen LogP) is 4.69. The molecule has 1 aliphatic heterocycles. The summed E-state index contributed by atoms with van der Waals surface area (Å²) in [5, 5.41) is 9.39. The Morgan fingerprint density at radius 2 is 2.07 bits per heavy atom. The molecular weight excluding hydrogens is 340 g/mol. The third-order valence-corrected chi connectivity index (χ3v) is 5.08. The Hall–Kier alpha value is -2.92. The zero-order chi connectivity index (χ0) is 18.8. The number of rotatable bonds is 5. The summed E-state index contributed by atoms with van der Waals surface area (Å²) in [5.74, 6) is 0.477. The van der Waals surface area contributed by atoms with Gasteiger partial charge in [-0.25, -0.2) is 4.79 Å². The van der Waals surface area contributed by atoms with Gasteiger partial charge in [-0.2, -0.15) is 0 Å². The van der Waals surface area contributed by atoms with Crippen LogP contribution in [0, 0.1) is 6.92 Å². The van der Waals surface area contributed by atoms with Gasteiger partial charge in [-0.1, -0.05) is 24.3 Å². The van der Waals surface area contributed by atoms with Crippen molar-refractivity contribution in [2.45, 2.75) is 32.4 Å². The minimum Gasteiger partial charge on any atom is -0.478 e. The smallest absolute Gasteiger partial charge is 0.336 e. The van der Waals surface area contributed by atoms with E-state index in [1.54, 1.807) is 18.2 Å². The van der Waals surface area contributed by atoms with Gasteiger partial charge in [-0.15, -0.1) is 0 Å². The van der Waals surface area contributed by atoms with Crippen molar-refractivity contribution in [2.75, 3.05) is 6.54 Å². The van der Waals surface area contributed by atoms with Crippen molar-refractivity contribution in [1.82, 2.24) is 9.88 Å². The Balaban J connectivity index is 1.54. The van der Waals surface area contributed by atoms with Gasteiger partial charge in [0.1, 0.15) is 11.5 Å². The first-order valence-electron chi connectivity index (χ1n) is 9.20. The van der Waals surface area contributed by atoms with Gasteiger partial charge < -0.3 is 9.52 Å². The van der Waals surface area contributed by atoms with Crippen molar-refractivity contribution in [1.29, 1.82) is 0 Å². The normalized spacial score (nSPS) is 17.3. The Labute approximate surface area is 158 Å². The van der Waals surface area contributed by atoms with Gasteiger partial charge >= 0.3 is 5.97 Å².